The molecule has 0 unspecified atom stereocenters. The fourth-order valence-corrected chi connectivity index (χ4v) is 2.00. The zero-order valence-corrected chi connectivity index (χ0v) is 12.3. The van der Waals surface area contributed by atoms with E-state index < -0.39 is 0 Å². The highest BCUT2D eigenvalue weighted by atomic mass is 16.1. The van der Waals surface area contributed by atoms with Gasteiger partial charge in [-0.15, -0.1) is 0 Å². The number of anilines is 2. The lowest BCUT2D eigenvalue weighted by molar-refractivity contribution is -0.116. The second-order valence-corrected chi connectivity index (χ2v) is 4.89. The zero-order valence-electron chi connectivity index (χ0n) is 12.3. The molecule has 1 aromatic carbocycles. The Morgan fingerprint density at radius 3 is 2.62 bits per heavy atom. The summed E-state index contributed by atoms with van der Waals surface area (Å²) in [7, 11) is 0. The molecule has 1 amide bonds. The Bertz CT molecular complexity index is 552. The van der Waals surface area contributed by atoms with Crippen LogP contribution in [0.2, 0.25) is 0 Å². The van der Waals surface area contributed by atoms with Crippen molar-refractivity contribution < 1.29 is 4.79 Å². The van der Waals surface area contributed by atoms with Gasteiger partial charge in [0, 0.05) is 13.0 Å². The van der Waals surface area contributed by atoms with Gasteiger partial charge in [-0.2, -0.15) is 0 Å². The Morgan fingerprint density at radius 1 is 1.14 bits per heavy atom. The first kappa shape index (κ1) is 15.0. The fraction of sp³-hybridized carbons (Fsp3) is 0.294. The monoisotopic (exact) mass is 283 g/mol. The van der Waals surface area contributed by atoms with E-state index in [-0.39, 0.29) is 5.91 Å². The predicted octanol–water partition coefficient (Wildman–Crippen LogP) is 3.47. The molecule has 2 rings (SSSR count). The van der Waals surface area contributed by atoms with Crippen molar-refractivity contribution in [3.63, 3.8) is 0 Å². The van der Waals surface area contributed by atoms with Gasteiger partial charge in [0.05, 0.1) is 11.9 Å². The number of benzene rings is 1. The molecule has 0 saturated carbocycles. The topological polar surface area (TPSA) is 54.0 Å². The molecule has 0 aliphatic carbocycles. The molecule has 0 spiro atoms. The van der Waals surface area contributed by atoms with Crippen molar-refractivity contribution in [2.24, 2.45) is 0 Å². The number of hydrogen-bond acceptors (Lipinski definition) is 3. The van der Waals surface area contributed by atoms with E-state index in [1.807, 2.05) is 37.3 Å². The highest BCUT2D eigenvalue weighted by Crippen LogP contribution is 2.10. The lowest BCUT2D eigenvalue weighted by Gasteiger charge is -2.07. The van der Waals surface area contributed by atoms with E-state index in [1.165, 1.54) is 5.56 Å². The van der Waals surface area contributed by atoms with Crippen molar-refractivity contribution in [2.45, 2.75) is 26.2 Å². The van der Waals surface area contributed by atoms with E-state index in [0.717, 1.165) is 30.9 Å². The molecule has 0 aliphatic rings. The summed E-state index contributed by atoms with van der Waals surface area (Å²) in [6.07, 6.45) is 4.02. The van der Waals surface area contributed by atoms with E-state index in [9.17, 15) is 4.79 Å². The summed E-state index contributed by atoms with van der Waals surface area (Å²) < 4.78 is 0. The number of nitrogens with zero attached hydrogens (tertiary/aromatic N) is 1. The summed E-state index contributed by atoms with van der Waals surface area (Å²) in [5.74, 6) is 0.850. The maximum atomic E-state index is 11.5. The van der Waals surface area contributed by atoms with Gasteiger partial charge in [0.2, 0.25) is 5.91 Å². The third-order valence-electron chi connectivity index (χ3n) is 3.09. The number of carbonyl (C=O) groups is 1. The third kappa shape index (κ3) is 5.26. The van der Waals surface area contributed by atoms with Crippen molar-refractivity contribution in [1.82, 2.24) is 4.98 Å². The predicted molar refractivity (Wildman–Crippen MR) is 86.4 cm³/mol. The SMILES string of the molecule is CCCC(=O)Nc1ccc(NCCc2ccccc2)nc1. The normalized spacial score (nSPS) is 10.1. The summed E-state index contributed by atoms with van der Waals surface area (Å²) in [5, 5.41) is 6.10. The van der Waals surface area contributed by atoms with Gasteiger partial charge in [-0.1, -0.05) is 37.3 Å². The average Bonchev–Trinajstić information content (AvgIpc) is 2.50. The average molecular weight is 283 g/mol. The first-order chi connectivity index (χ1) is 10.3. The molecule has 2 N–H and O–H groups in total. The molecule has 4 nitrogen and oxygen atoms in total. The Hall–Kier alpha value is -2.36. The first-order valence-corrected chi connectivity index (χ1v) is 7.31. The number of carbonyl (C=O) groups excluding carboxylic acids is 1. The molecule has 4 heteroatoms. The van der Waals surface area contributed by atoms with Gasteiger partial charge in [-0.3, -0.25) is 4.79 Å². The maximum Gasteiger partial charge on any atom is 0.224 e. The number of pyridine rings is 1. The Morgan fingerprint density at radius 2 is 1.95 bits per heavy atom. The molecule has 21 heavy (non-hydrogen) atoms. The van der Waals surface area contributed by atoms with Gasteiger partial charge in [-0.05, 0) is 30.5 Å². The van der Waals surface area contributed by atoms with Crippen molar-refractivity contribution in [3.05, 3.63) is 54.2 Å². The largest absolute Gasteiger partial charge is 0.370 e. The summed E-state index contributed by atoms with van der Waals surface area (Å²) in [5.41, 5.74) is 2.04. The summed E-state index contributed by atoms with van der Waals surface area (Å²) in [6, 6.07) is 14.1. The van der Waals surface area contributed by atoms with Crippen molar-refractivity contribution in [3.8, 4) is 0 Å². The number of rotatable bonds is 7. The highest BCUT2D eigenvalue weighted by Gasteiger charge is 2.01. The molecule has 0 saturated heterocycles. The number of hydrogen-bond donors (Lipinski definition) is 2. The van der Waals surface area contributed by atoms with E-state index in [2.05, 4.69) is 27.8 Å². The fourth-order valence-electron chi connectivity index (χ4n) is 2.00. The van der Waals surface area contributed by atoms with Crippen LogP contribution < -0.4 is 10.6 Å². The van der Waals surface area contributed by atoms with Gasteiger partial charge in [0.15, 0.2) is 0 Å². The summed E-state index contributed by atoms with van der Waals surface area (Å²) >= 11 is 0. The van der Waals surface area contributed by atoms with Crippen molar-refractivity contribution in [2.75, 3.05) is 17.2 Å². The second-order valence-electron chi connectivity index (χ2n) is 4.89. The van der Waals surface area contributed by atoms with Crippen LogP contribution in [0, 0.1) is 0 Å². The van der Waals surface area contributed by atoms with Gasteiger partial charge in [0.1, 0.15) is 5.82 Å². The van der Waals surface area contributed by atoms with E-state index in [1.54, 1.807) is 6.20 Å². The van der Waals surface area contributed by atoms with Crippen LogP contribution in [-0.2, 0) is 11.2 Å². The van der Waals surface area contributed by atoms with Crippen LogP contribution >= 0.6 is 0 Å². The van der Waals surface area contributed by atoms with Gasteiger partial charge in [0.25, 0.3) is 0 Å². The Balaban J connectivity index is 1.78. The van der Waals surface area contributed by atoms with Crippen LogP contribution in [0.15, 0.2) is 48.7 Å². The number of amides is 1. The molecular formula is C17H21N3O. The summed E-state index contributed by atoms with van der Waals surface area (Å²) in [4.78, 5) is 15.8. The minimum Gasteiger partial charge on any atom is -0.370 e. The third-order valence-corrected chi connectivity index (χ3v) is 3.09. The molecule has 0 radical (unpaired) electrons. The molecule has 2 aromatic rings. The van der Waals surface area contributed by atoms with Crippen LogP contribution in [0.4, 0.5) is 11.5 Å². The first-order valence-electron chi connectivity index (χ1n) is 7.31. The van der Waals surface area contributed by atoms with E-state index in [4.69, 9.17) is 0 Å². The van der Waals surface area contributed by atoms with Crippen molar-refractivity contribution in [1.29, 1.82) is 0 Å². The number of aromatic nitrogens is 1. The number of nitrogens with one attached hydrogen (secondary N) is 2. The standard InChI is InChI=1S/C17H21N3O/c1-2-6-17(21)20-15-9-10-16(19-13-15)18-12-11-14-7-4-3-5-8-14/h3-5,7-10,13H,2,6,11-12H2,1H3,(H,18,19)(H,20,21). The van der Waals surface area contributed by atoms with Crippen molar-refractivity contribution >= 4 is 17.4 Å². The molecule has 0 fully saturated rings. The molecule has 1 heterocycles. The van der Waals surface area contributed by atoms with Crippen LogP contribution in [0.5, 0.6) is 0 Å². The van der Waals surface area contributed by atoms with Crippen LogP contribution in [-0.4, -0.2) is 17.4 Å². The molecule has 0 aliphatic heterocycles. The van der Waals surface area contributed by atoms with Gasteiger partial charge >= 0.3 is 0 Å². The smallest absolute Gasteiger partial charge is 0.224 e. The van der Waals surface area contributed by atoms with Crippen LogP contribution in [0.1, 0.15) is 25.3 Å². The lowest BCUT2D eigenvalue weighted by atomic mass is 10.1. The Kier molecular flexibility index (Phi) is 5.76. The van der Waals surface area contributed by atoms with E-state index in [0.29, 0.717) is 6.42 Å². The van der Waals surface area contributed by atoms with Gasteiger partial charge in [-0.25, -0.2) is 4.98 Å². The quantitative estimate of drug-likeness (QED) is 0.818. The molecule has 110 valence electrons. The van der Waals surface area contributed by atoms with Crippen LogP contribution in [0.3, 0.4) is 0 Å². The molecule has 0 bridgehead atoms. The lowest BCUT2D eigenvalue weighted by Crippen LogP contribution is -2.11. The second kappa shape index (κ2) is 8.04. The van der Waals surface area contributed by atoms with E-state index >= 15 is 0 Å². The highest BCUT2D eigenvalue weighted by molar-refractivity contribution is 5.90. The minimum absolute atomic E-state index is 0.0316. The maximum absolute atomic E-state index is 11.5. The minimum atomic E-state index is 0.0316. The van der Waals surface area contributed by atoms with Crippen LogP contribution in [0.25, 0.3) is 0 Å². The molecular weight excluding hydrogens is 262 g/mol. The van der Waals surface area contributed by atoms with Gasteiger partial charge < -0.3 is 10.6 Å². The zero-order chi connectivity index (χ0) is 14.9. The molecule has 0 atom stereocenters. The molecule has 1 aromatic heterocycles. The Labute approximate surface area is 125 Å². The summed E-state index contributed by atoms with van der Waals surface area (Å²) in [6.45, 7) is 2.82.